The fourth-order valence-electron chi connectivity index (χ4n) is 2.48. The molecule has 0 saturated heterocycles. The molecule has 0 aliphatic rings. The lowest BCUT2D eigenvalue weighted by molar-refractivity contribution is -0.143. The van der Waals surface area contributed by atoms with Crippen LogP contribution in [0, 0.1) is 11.7 Å². The number of nitrogens with one attached hydrogen (secondary N) is 2. The van der Waals surface area contributed by atoms with Gasteiger partial charge in [-0.15, -0.1) is 0 Å². The third-order valence-corrected chi connectivity index (χ3v) is 3.75. The van der Waals surface area contributed by atoms with Crippen molar-refractivity contribution < 1.29 is 9.53 Å². The molecule has 0 amide bonds. The predicted molar refractivity (Wildman–Crippen MR) is 92.3 cm³/mol. The molecule has 7 nitrogen and oxygen atoms in total. The van der Waals surface area contributed by atoms with E-state index in [-0.39, 0.29) is 23.4 Å². The van der Waals surface area contributed by atoms with Gasteiger partial charge in [-0.05, 0) is 26.1 Å². The minimum atomic E-state index is -0.438. The van der Waals surface area contributed by atoms with Crippen molar-refractivity contribution in [2.45, 2.75) is 20.4 Å². The van der Waals surface area contributed by atoms with Gasteiger partial charge in [0.2, 0.25) is 0 Å². The molecule has 8 heteroatoms. The average molecular weight is 344 g/mol. The van der Waals surface area contributed by atoms with Gasteiger partial charge in [0.15, 0.2) is 15.9 Å². The van der Waals surface area contributed by atoms with E-state index in [4.69, 9.17) is 17.0 Å². The van der Waals surface area contributed by atoms with Gasteiger partial charge in [0, 0.05) is 5.56 Å². The highest BCUT2D eigenvalue weighted by atomic mass is 32.1. The van der Waals surface area contributed by atoms with Crippen LogP contribution in [0.5, 0.6) is 0 Å². The second-order valence-corrected chi connectivity index (χ2v) is 5.71. The Morgan fingerprint density at radius 1 is 1.29 bits per heavy atom. The predicted octanol–water partition coefficient (Wildman–Crippen LogP) is 2.32. The number of aromatic amines is 2. The number of H-pyrrole nitrogens is 2. The second-order valence-electron chi connectivity index (χ2n) is 5.30. The summed E-state index contributed by atoms with van der Waals surface area (Å²) in [4.78, 5) is 34.1. The van der Waals surface area contributed by atoms with E-state index in [1.165, 1.54) is 0 Å². The lowest BCUT2D eigenvalue weighted by Crippen LogP contribution is -2.18. The summed E-state index contributed by atoms with van der Waals surface area (Å²) in [6, 6.07) is 7.66. The molecule has 2 heterocycles. The molecule has 0 unspecified atom stereocenters. The molecule has 124 valence electrons. The van der Waals surface area contributed by atoms with E-state index in [1.54, 1.807) is 11.5 Å². The van der Waals surface area contributed by atoms with E-state index in [0.717, 1.165) is 11.1 Å². The summed E-state index contributed by atoms with van der Waals surface area (Å²) in [6.45, 7) is 3.87. The Labute approximate surface area is 142 Å². The van der Waals surface area contributed by atoms with E-state index in [9.17, 15) is 9.59 Å². The number of carbonyl (C=O) groups excluding carboxylic acids is 1. The third-order valence-electron chi connectivity index (χ3n) is 3.54. The molecule has 0 aliphatic carbocycles. The first-order valence-corrected chi connectivity index (χ1v) is 7.86. The number of benzene rings is 1. The molecule has 3 aromatic rings. The van der Waals surface area contributed by atoms with Gasteiger partial charge < -0.3 is 14.3 Å². The third kappa shape index (κ3) is 3.00. The van der Waals surface area contributed by atoms with Gasteiger partial charge in [-0.2, -0.15) is 0 Å². The zero-order chi connectivity index (χ0) is 17.3. The molecule has 0 bridgehead atoms. The summed E-state index contributed by atoms with van der Waals surface area (Å²) in [7, 11) is 0. The summed E-state index contributed by atoms with van der Waals surface area (Å²) in [5, 5.41) is 0. The largest absolute Gasteiger partial charge is 0.465 e. The number of nitrogens with zero attached hydrogens (tertiary/aromatic N) is 2. The highest BCUT2D eigenvalue weighted by Gasteiger charge is 2.18. The molecule has 2 aromatic heterocycles. The quantitative estimate of drug-likeness (QED) is 0.560. The van der Waals surface area contributed by atoms with Crippen LogP contribution in [0.3, 0.4) is 0 Å². The lowest BCUT2D eigenvalue weighted by atomic mass is 10.1. The topological polar surface area (TPSA) is 92.8 Å². The first-order chi connectivity index (χ1) is 11.5. The summed E-state index contributed by atoms with van der Waals surface area (Å²) in [6.07, 6.45) is 0. The molecular weight excluding hydrogens is 328 g/mol. The van der Waals surface area contributed by atoms with E-state index in [0.29, 0.717) is 11.5 Å². The van der Waals surface area contributed by atoms with Gasteiger partial charge in [-0.25, -0.2) is 4.98 Å². The van der Waals surface area contributed by atoms with Crippen molar-refractivity contribution in [3.63, 3.8) is 0 Å². The van der Waals surface area contributed by atoms with Crippen molar-refractivity contribution in [1.82, 2.24) is 19.5 Å². The van der Waals surface area contributed by atoms with Gasteiger partial charge >= 0.3 is 5.97 Å². The minimum absolute atomic E-state index is 0.110. The highest BCUT2D eigenvalue weighted by molar-refractivity contribution is 7.71. The van der Waals surface area contributed by atoms with Crippen molar-refractivity contribution in [2.75, 3.05) is 6.61 Å². The number of fused-ring (bicyclic) bond motifs is 1. The van der Waals surface area contributed by atoms with E-state index in [1.807, 2.05) is 31.2 Å². The molecule has 0 radical (unpaired) electrons. The molecule has 0 saturated carbocycles. The number of imidazole rings is 1. The molecule has 0 spiro atoms. The minimum Gasteiger partial charge on any atom is -0.465 e. The highest BCUT2D eigenvalue weighted by Crippen LogP contribution is 2.22. The molecule has 2 N–H and O–H groups in total. The van der Waals surface area contributed by atoms with Gasteiger partial charge in [0.05, 0.1) is 6.61 Å². The fourth-order valence-corrected chi connectivity index (χ4v) is 2.67. The lowest BCUT2D eigenvalue weighted by Gasteiger charge is -2.08. The first-order valence-electron chi connectivity index (χ1n) is 7.45. The Balaban J connectivity index is 2.25. The molecular formula is C16H16N4O3S. The van der Waals surface area contributed by atoms with Gasteiger partial charge in [-0.1, -0.05) is 29.8 Å². The Morgan fingerprint density at radius 2 is 2.00 bits per heavy atom. The molecule has 0 aliphatic heterocycles. The Bertz CT molecular complexity index is 1010. The van der Waals surface area contributed by atoms with Crippen molar-refractivity contribution in [3.05, 3.63) is 45.0 Å². The fraction of sp³-hybridized carbons (Fsp3) is 0.250. The molecule has 1 aromatic carbocycles. The summed E-state index contributed by atoms with van der Waals surface area (Å²) in [5.41, 5.74) is 2.09. The second kappa shape index (κ2) is 6.40. The van der Waals surface area contributed by atoms with Crippen LogP contribution < -0.4 is 5.56 Å². The molecule has 3 rings (SSSR count). The number of rotatable bonds is 4. The number of ether oxygens (including phenoxy) is 1. The van der Waals surface area contributed by atoms with Crippen molar-refractivity contribution in [3.8, 4) is 11.4 Å². The van der Waals surface area contributed by atoms with E-state index < -0.39 is 11.5 Å². The Kier molecular flexibility index (Phi) is 4.30. The molecule has 24 heavy (non-hydrogen) atoms. The number of hydrogen-bond acceptors (Lipinski definition) is 5. The summed E-state index contributed by atoms with van der Waals surface area (Å²) < 4.78 is 6.73. The van der Waals surface area contributed by atoms with Crippen LogP contribution in [0.25, 0.3) is 22.6 Å². The van der Waals surface area contributed by atoms with Crippen molar-refractivity contribution in [2.24, 2.45) is 0 Å². The van der Waals surface area contributed by atoms with E-state index >= 15 is 0 Å². The zero-order valence-electron chi connectivity index (χ0n) is 13.3. The monoisotopic (exact) mass is 344 g/mol. The maximum absolute atomic E-state index is 12.3. The van der Waals surface area contributed by atoms with Crippen LogP contribution in [0.15, 0.2) is 29.1 Å². The SMILES string of the molecule is CCOC(=O)Cn1c(-c2ccc(C)cc2)nc2[nH]c(=S)[nH]c(=O)c21. The normalized spacial score (nSPS) is 10.9. The van der Waals surface area contributed by atoms with Gasteiger partial charge in [-0.3, -0.25) is 14.6 Å². The zero-order valence-corrected chi connectivity index (χ0v) is 14.1. The number of hydrogen-bond donors (Lipinski definition) is 2. The van der Waals surface area contributed by atoms with Gasteiger partial charge in [0.25, 0.3) is 5.56 Å². The van der Waals surface area contributed by atoms with Crippen LogP contribution in [-0.2, 0) is 16.1 Å². The van der Waals surface area contributed by atoms with Crippen LogP contribution >= 0.6 is 12.2 Å². The maximum atomic E-state index is 12.3. The first kappa shape index (κ1) is 16.1. The Morgan fingerprint density at radius 3 is 2.67 bits per heavy atom. The van der Waals surface area contributed by atoms with Crippen molar-refractivity contribution >= 4 is 29.4 Å². The Hall–Kier alpha value is -2.74. The van der Waals surface area contributed by atoms with Gasteiger partial charge in [0.1, 0.15) is 12.4 Å². The average Bonchev–Trinajstić information content (AvgIpc) is 2.86. The van der Waals surface area contributed by atoms with Crippen LogP contribution in [0.1, 0.15) is 12.5 Å². The number of carbonyl (C=O) groups is 1. The molecule has 0 fully saturated rings. The van der Waals surface area contributed by atoms with Crippen LogP contribution in [-0.4, -0.2) is 32.1 Å². The number of aryl methyl sites for hydroxylation is 1. The maximum Gasteiger partial charge on any atom is 0.326 e. The number of esters is 1. The van der Waals surface area contributed by atoms with Crippen LogP contribution in [0.4, 0.5) is 0 Å². The standard InChI is InChI=1S/C16H16N4O3S/c1-3-23-11(21)8-20-12-13(18-16(24)19-15(12)22)17-14(20)10-6-4-9(2)5-7-10/h4-7H,3,8H2,1-2H3,(H2,18,19,22,24). The van der Waals surface area contributed by atoms with Crippen molar-refractivity contribution in [1.29, 1.82) is 0 Å². The summed E-state index contributed by atoms with van der Waals surface area (Å²) >= 11 is 4.99. The number of aromatic nitrogens is 4. The van der Waals surface area contributed by atoms with E-state index in [2.05, 4.69) is 15.0 Å². The molecule has 0 atom stereocenters. The smallest absolute Gasteiger partial charge is 0.326 e. The van der Waals surface area contributed by atoms with Crippen LogP contribution in [0.2, 0.25) is 0 Å². The summed E-state index contributed by atoms with van der Waals surface area (Å²) in [5.74, 6) is 0.0624.